The summed E-state index contributed by atoms with van der Waals surface area (Å²) in [6, 6.07) is 14.6. The molecule has 0 amide bonds. The number of benzene rings is 2. The van der Waals surface area contributed by atoms with Crippen LogP contribution in [0.2, 0.25) is 0 Å². The number of esters is 1. The second-order valence-corrected chi connectivity index (χ2v) is 5.94. The summed E-state index contributed by atoms with van der Waals surface area (Å²) < 4.78 is 16.1. The van der Waals surface area contributed by atoms with Crippen molar-refractivity contribution in [3.05, 3.63) is 75.6 Å². The number of carbonyl (C=O) groups excluding carboxylic acids is 1. The van der Waals surface area contributed by atoms with Crippen molar-refractivity contribution in [1.82, 2.24) is 0 Å². The molecule has 0 unspecified atom stereocenters. The Kier molecular flexibility index (Phi) is 5.37. The number of ether oxygens (including phenoxy) is 2. The van der Waals surface area contributed by atoms with Gasteiger partial charge in [0.05, 0.1) is 0 Å². The van der Waals surface area contributed by atoms with Gasteiger partial charge in [0, 0.05) is 17.0 Å². The molecule has 0 bridgehead atoms. The van der Waals surface area contributed by atoms with Gasteiger partial charge in [0.2, 0.25) is 0 Å². The largest absolute Gasteiger partial charge is 0.481 e. The molecule has 1 heterocycles. The average Bonchev–Trinajstić information content (AvgIpc) is 2.66. The van der Waals surface area contributed by atoms with Gasteiger partial charge >= 0.3 is 11.6 Å². The molecule has 2 aromatic carbocycles. The number of rotatable bonds is 6. The predicted molar refractivity (Wildman–Crippen MR) is 98.3 cm³/mol. The van der Waals surface area contributed by atoms with E-state index in [0.717, 1.165) is 22.9 Å². The average molecular weight is 352 g/mol. The van der Waals surface area contributed by atoms with E-state index in [4.69, 9.17) is 13.9 Å². The Morgan fingerprint density at radius 2 is 1.88 bits per heavy atom. The van der Waals surface area contributed by atoms with Gasteiger partial charge in [-0.05, 0) is 36.6 Å². The van der Waals surface area contributed by atoms with E-state index >= 15 is 0 Å². The summed E-state index contributed by atoms with van der Waals surface area (Å²) in [7, 11) is 0. The molecule has 0 aliphatic carbocycles. The van der Waals surface area contributed by atoms with Crippen LogP contribution in [-0.2, 0) is 22.6 Å². The Labute approximate surface area is 151 Å². The summed E-state index contributed by atoms with van der Waals surface area (Å²) in [4.78, 5) is 23.6. The normalized spacial score (nSPS) is 10.7. The van der Waals surface area contributed by atoms with Crippen LogP contribution in [0.3, 0.4) is 0 Å². The highest BCUT2D eigenvalue weighted by atomic mass is 16.6. The lowest BCUT2D eigenvalue weighted by Gasteiger charge is -2.12. The molecule has 0 radical (unpaired) electrons. The maximum Gasteiger partial charge on any atom is 0.344 e. The van der Waals surface area contributed by atoms with E-state index in [9.17, 15) is 9.59 Å². The first-order chi connectivity index (χ1) is 12.6. The lowest BCUT2D eigenvalue weighted by molar-refractivity contribution is -0.147. The number of aryl methyl sites for hydroxylation is 2. The molecule has 0 N–H and O–H groups in total. The monoisotopic (exact) mass is 352 g/mol. The maximum atomic E-state index is 11.9. The van der Waals surface area contributed by atoms with Crippen LogP contribution < -0.4 is 10.4 Å². The summed E-state index contributed by atoms with van der Waals surface area (Å²) in [5.74, 6) is 0.0303. The lowest BCUT2D eigenvalue weighted by Crippen LogP contribution is -2.15. The van der Waals surface area contributed by atoms with Gasteiger partial charge in [0.1, 0.15) is 17.9 Å². The minimum absolute atomic E-state index is 0.203. The van der Waals surface area contributed by atoms with Crippen molar-refractivity contribution in [3.8, 4) is 5.75 Å². The van der Waals surface area contributed by atoms with Crippen LogP contribution >= 0.6 is 0 Å². The third kappa shape index (κ3) is 3.94. The molecule has 3 aromatic rings. The van der Waals surface area contributed by atoms with Gasteiger partial charge < -0.3 is 13.9 Å². The van der Waals surface area contributed by atoms with E-state index in [1.54, 1.807) is 13.0 Å². The van der Waals surface area contributed by atoms with Crippen LogP contribution in [0, 0.1) is 6.92 Å². The van der Waals surface area contributed by atoms with Gasteiger partial charge in [-0.2, -0.15) is 0 Å². The molecular weight excluding hydrogens is 332 g/mol. The molecule has 5 nitrogen and oxygen atoms in total. The van der Waals surface area contributed by atoms with Crippen molar-refractivity contribution in [2.24, 2.45) is 0 Å². The standard InChI is InChI=1S/C21H20O5/c1-3-16-11-19(22)26-21-14(2)18(10-9-17(16)21)24-13-20(23)25-12-15-7-5-4-6-8-15/h4-11H,3,12-13H2,1-2H3. The number of hydrogen-bond donors (Lipinski definition) is 0. The second kappa shape index (κ2) is 7.87. The third-order valence-corrected chi connectivity index (χ3v) is 4.17. The van der Waals surface area contributed by atoms with E-state index in [2.05, 4.69) is 0 Å². The molecule has 0 fully saturated rings. The van der Waals surface area contributed by atoms with Gasteiger partial charge in [0.25, 0.3) is 0 Å². The van der Waals surface area contributed by atoms with Crippen LogP contribution in [0.15, 0.2) is 57.7 Å². The van der Waals surface area contributed by atoms with Gasteiger partial charge in [-0.25, -0.2) is 9.59 Å². The van der Waals surface area contributed by atoms with Gasteiger partial charge in [-0.3, -0.25) is 0 Å². The SMILES string of the molecule is CCc1cc(=O)oc2c(C)c(OCC(=O)OCc3ccccc3)ccc12. The van der Waals surface area contributed by atoms with Crippen LogP contribution in [0.1, 0.15) is 23.6 Å². The Morgan fingerprint density at radius 3 is 2.62 bits per heavy atom. The fraction of sp³-hybridized carbons (Fsp3) is 0.238. The van der Waals surface area contributed by atoms with E-state index in [0.29, 0.717) is 16.9 Å². The first-order valence-electron chi connectivity index (χ1n) is 8.47. The lowest BCUT2D eigenvalue weighted by atomic mass is 10.0. The number of fused-ring (bicyclic) bond motifs is 1. The van der Waals surface area contributed by atoms with Crippen molar-refractivity contribution >= 4 is 16.9 Å². The highest BCUT2D eigenvalue weighted by Crippen LogP contribution is 2.28. The Morgan fingerprint density at radius 1 is 1.12 bits per heavy atom. The van der Waals surface area contributed by atoms with Gasteiger partial charge in [-0.1, -0.05) is 37.3 Å². The molecule has 26 heavy (non-hydrogen) atoms. The summed E-state index contributed by atoms with van der Waals surface area (Å²) in [6.45, 7) is 3.78. The van der Waals surface area contributed by atoms with Crippen LogP contribution in [0.5, 0.6) is 5.75 Å². The van der Waals surface area contributed by atoms with Crippen molar-refractivity contribution in [2.45, 2.75) is 26.9 Å². The maximum absolute atomic E-state index is 11.9. The smallest absolute Gasteiger partial charge is 0.344 e. The fourth-order valence-electron chi connectivity index (χ4n) is 2.77. The molecule has 1 aromatic heterocycles. The molecule has 0 saturated carbocycles. The predicted octanol–water partition coefficient (Wildman–Crippen LogP) is 3.79. The molecule has 0 spiro atoms. The summed E-state index contributed by atoms with van der Waals surface area (Å²) in [6.07, 6.45) is 0.730. The van der Waals surface area contributed by atoms with Crippen molar-refractivity contribution < 1.29 is 18.7 Å². The zero-order valence-electron chi connectivity index (χ0n) is 14.8. The topological polar surface area (TPSA) is 65.7 Å². The molecule has 134 valence electrons. The summed E-state index contributed by atoms with van der Waals surface area (Å²) in [5.41, 5.74) is 2.62. The minimum Gasteiger partial charge on any atom is -0.481 e. The summed E-state index contributed by atoms with van der Waals surface area (Å²) >= 11 is 0. The molecule has 0 saturated heterocycles. The minimum atomic E-state index is -0.461. The van der Waals surface area contributed by atoms with Gasteiger partial charge in [-0.15, -0.1) is 0 Å². The Bertz CT molecular complexity index is 973. The van der Waals surface area contributed by atoms with E-state index < -0.39 is 11.6 Å². The fourth-order valence-corrected chi connectivity index (χ4v) is 2.77. The van der Waals surface area contributed by atoms with Crippen molar-refractivity contribution in [3.63, 3.8) is 0 Å². The van der Waals surface area contributed by atoms with Gasteiger partial charge in [0.15, 0.2) is 6.61 Å². The Balaban J connectivity index is 1.70. The van der Waals surface area contributed by atoms with Crippen LogP contribution in [-0.4, -0.2) is 12.6 Å². The zero-order valence-corrected chi connectivity index (χ0v) is 14.8. The van der Waals surface area contributed by atoms with Crippen molar-refractivity contribution in [1.29, 1.82) is 0 Å². The molecule has 0 atom stereocenters. The Hall–Kier alpha value is -3.08. The number of hydrogen-bond acceptors (Lipinski definition) is 5. The van der Waals surface area contributed by atoms with Crippen molar-refractivity contribution in [2.75, 3.05) is 6.61 Å². The van der Waals surface area contributed by atoms with E-state index in [-0.39, 0.29) is 13.2 Å². The quantitative estimate of drug-likeness (QED) is 0.499. The molecule has 0 aliphatic rings. The first kappa shape index (κ1) is 17.7. The number of carbonyl (C=O) groups is 1. The molecule has 3 rings (SSSR count). The first-order valence-corrected chi connectivity index (χ1v) is 8.47. The summed E-state index contributed by atoms with van der Waals surface area (Å²) in [5, 5.41) is 0.878. The zero-order chi connectivity index (χ0) is 18.5. The van der Waals surface area contributed by atoms with E-state index in [1.807, 2.05) is 43.3 Å². The molecular formula is C21H20O5. The van der Waals surface area contributed by atoms with Crippen LogP contribution in [0.4, 0.5) is 0 Å². The highest BCUT2D eigenvalue weighted by molar-refractivity contribution is 5.85. The third-order valence-electron chi connectivity index (χ3n) is 4.17. The second-order valence-electron chi connectivity index (χ2n) is 5.94. The highest BCUT2D eigenvalue weighted by Gasteiger charge is 2.13. The van der Waals surface area contributed by atoms with E-state index in [1.165, 1.54) is 6.07 Å². The van der Waals surface area contributed by atoms with Crippen LogP contribution in [0.25, 0.3) is 11.0 Å². The molecule has 5 heteroatoms. The molecule has 0 aliphatic heterocycles.